The third kappa shape index (κ3) is 5.82. The van der Waals surface area contributed by atoms with Gasteiger partial charge in [-0.25, -0.2) is 8.78 Å². The Kier molecular flexibility index (Phi) is 7.21. The lowest BCUT2D eigenvalue weighted by Gasteiger charge is -2.21. The normalized spacial score (nSPS) is 13.8. The summed E-state index contributed by atoms with van der Waals surface area (Å²) in [5, 5.41) is 3.41. The number of hydrogen-bond donors (Lipinski definition) is 2. The molecule has 0 radical (unpaired) electrons. The minimum Gasteiger partial charge on any atom is -0.352 e. The molecule has 3 rings (SSSR count). The lowest BCUT2D eigenvalue weighted by atomic mass is 9.96. The van der Waals surface area contributed by atoms with Crippen molar-refractivity contribution in [3.05, 3.63) is 50.5 Å². The van der Waals surface area contributed by atoms with Crippen LogP contribution >= 0.6 is 34.8 Å². The van der Waals surface area contributed by atoms with Crippen molar-refractivity contribution in [1.29, 1.82) is 0 Å². The monoisotopic (exact) mass is 514 g/mol. The maximum Gasteiger partial charge on any atom is 0.397 e. The summed E-state index contributed by atoms with van der Waals surface area (Å²) in [5.74, 6) is -4.11. The summed E-state index contributed by atoms with van der Waals surface area (Å²) in [6, 6.07) is 3.20. The van der Waals surface area contributed by atoms with E-state index in [9.17, 15) is 27.2 Å². The number of benzene rings is 2. The first-order valence-corrected chi connectivity index (χ1v) is 10.3. The molecule has 2 aromatic carbocycles. The Labute approximate surface area is 194 Å². The lowest BCUT2D eigenvalue weighted by molar-refractivity contribution is -0.153. The van der Waals surface area contributed by atoms with E-state index in [0.717, 1.165) is 12.1 Å². The van der Waals surface area contributed by atoms with E-state index in [1.807, 2.05) is 5.32 Å². The number of amides is 2. The molecule has 0 heterocycles. The number of hydrogen-bond acceptors (Lipinski definition) is 2. The van der Waals surface area contributed by atoms with E-state index in [4.69, 9.17) is 34.8 Å². The van der Waals surface area contributed by atoms with E-state index in [1.165, 1.54) is 6.07 Å². The fourth-order valence-corrected chi connectivity index (χ4v) is 3.67. The molecule has 0 spiro atoms. The predicted octanol–water partition coefficient (Wildman–Crippen LogP) is 6.51. The summed E-state index contributed by atoms with van der Waals surface area (Å²) in [6.07, 6.45) is -5.31. The molecule has 0 unspecified atom stereocenters. The van der Waals surface area contributed by atoms with Gasteiger partial charge in [0.2, 0.25) is 11.8 Å². The van der Waals surface area contributed by atoms with Gasteiger partial charge in [0, 0.05) is 28.6 Å². The molecule has 0 aliphatic heterocycles. The zero-order valence-corrected chi connectivity index (χ0v) is 18.2. The van der Waals surface area contributed by atoms with Gasteiger partial charge in [-0.05, 0) is 36.6 Å². The van der Waals surface area contributed by atoms with Crippen LogP contribution in [0.15, 0.2) is 18.2 Å². The highest BCUT2D eigenvalue weighted by molar-refractivity contribution is 6.44. The Morgan fingerprint density at radius 2 is 1.69 bits per heavy atom. The van der Waals surface area contributed by atoms with E-state index in [1.54, 1.807) is 0 Å². The van der Waals surface area contributed by atoms with Crippen LogP contribution in [0.1, 0.15) is 24.8 Å². The highest BCUT2D eigenvalue weighted by atomic mass is 35.5. The van der Waals surface area contributed by atoms with Gasteiger partial charge >= 0.3 is 6.18 Å². The Morgan fingerprint density at radius 1 is 1.03 bits per heavy atom. The number of rotatable bonds is 6. The Hall–Kier alpha value is -2.10. The van der Waals surface area contributed by atoms with Crippen molar-refractivity contribution < 1.29 is 31.5 Å². The van der Waals surface area contributed by atoms with Crippen molar-refractivity contribution in [2.45, 2.75) is 32.0 Å². The fourth-order valence-electron chi connectivity index (χ4n) is 3.01. The first kappa shape index (κ1) is 24.5. The fraction of sp³-hybridized carbons (Fsp3) is 0.300. The van der Waals surface area contributed by atoms with Crippen molar-refractivity contribution in [1.82, 2.24) is 5.32 Å². The van der Waals surface area contributed by atoms with E-state index in [-0.39, 0.29) is 32.8 Å². The van der Waals surface area contributed by atoms with Gasteiger partial charge in [-0.2, -0.15) is 13.2 Å². The number of nitrogens with one attached hydrogen (secondary N) is 2. The smallest absolute Gasteiger partial charge is 0.352 e. The van der Waals surface area contributed by atoms with Gasteiger partial charge in [0.1, 0.15) is 18.1 Å². The molecule has 1 aliphatic rings. The van der Waals surface area contributed by atoms with E-state index >= 15 is 4.39 Å². The van der Waals surface area contributed by atoms with Crippen LogP contribution < -0.4 is 10.6 Å². The van der Waals surface area contributed by atoms with Crippen LogP contribution in [-0.2, 0) is 16.1 Å². The van der Waals surface area contributed by atoms with Crippen LogP contribution in [0.5, 0.6) is 0 Å². The molecule has 12 heteroatoms. The van der Waals surface area contributed by atoms with Crippen molar-refractivity contribution in [3.8, 4) is 11.1 Å². The molecule has 2 amide bonds. The van der Waals surface area contributed by atoms with Crippen molar-refractivity contribution in [2.75, 3.05) is 5.32 Å². The topological polar surface area (TPSA) is 58.2 Å². The molecule has 0 atom stereocenters. The summed E-state index contributed by atoms with van der Waals surface area (Å²) in [6.45, 7) is -0.743. The highest BCUT2D eigenvalue weighted by Crippen LogP contribution is 2.45. The number of alkyl halides is 3. The average Bonchev–Trinajstić information content (AvgIpc) is 3.50. The van der Waals surface area contributed by atoms with Crippen LogP contribution in [-0.4, -0.2) is 18.0 Å². The first-order chi connectivity index (χ1) is 14.9. The zero-order chi connectivity index (χ0) is 23.8. The highest BCUT2D eigenvalue weighted by Gasteiger charge is 2.33. The third-order valence-electron chi connectivity index (χ3n) is 4.59. The second kappa shape index (κ2) is 9.41. The van der Waals surface area contributed by atoms with E-state index in [2.05, 4.69) is 5.32 Å². The SMILES string of the molecule is O=C(CC(F)(F)F)NCc1c(F)c(Cl)c(Cl)c(NC(=O)C2CC2)c1-c1cc(F)cc(Cl)c1. The molecule has 32 heavy (non-hydrogen) atoms. The summed E-state index contributed by atoms with van der Waals surface area (Å²) in [7, 11) is 0. The number of anilines is 1. The molecule has 0 bridgehead atoms. The predicted molar refractivity (Wildman–Crippen MR) is 111 cm³/mol. The maximum absolute atomic E-state index is 15.1. The van der Waals surface area contributed by atoms with E-state index < -0.39 is 53.2 Å². The van der Waals surface area contributed by atoms with Crippen LogP contribution in [0.3, 0.4) is 0 Å². The largest absolute Gasteiger partial charge is 0.397 e. The second-order valence-electron chi connectivity index (χ2n) is 7.16. The number of halogens is 8. The van der Waals surface area contributed by atoms with Gasteiger partial charge in [0.15, 0.2) is 0 Å². The van der Waals surface area contributed by atoms with E-state index in [0.29, 0.717) is 12.8 Å². The van der Waals surface area contributed by atoms with Gasteiger partial charge < -0.3 is 10.6 Å². The summed E-state index contributed by atoms with van der Waals surface area (Å²) < 4.78 is 66.5. The average molecular weight is 516 g/mol. The maximum atomic E-state index is 15.1. The minimum atomic E-state index is -4.78. The van der Waals surface area contributed by atoms with Gasteiger partial charge in [0.05, 0.1) is 15.7 Å². The van der Waals surface area contributed by atoms with Crippen LogP contribution in [0.2, 0.25) is 15.1 Å². The molecular weight excluding hydrogens is 502 g/mol. The number of carbonyl (C=O) groups is 2. The zero-order valence-electron chi connectivity index (χ0n) is 16.0. The molecule has 1 saturated carbocycles. The van der Waals surface area contributed by atoms with Gasteiger partial charge in [-0.1, -0.05) is 34.8 Å². The molecule has 1 aliphatic carbocycles. The summed E-state index contributed by atoms with van der Waals surface area (Å²) >= 11 is 18.0. The molecule has 4 nitrogen and oxygen atoms in total. The van der Waals surface area contributed by atoms with Crippen LogP contribution in [0.4, 0.5) is 27.6 Å². The number of carbonyl (C=O) groups excluding carboxylic acids is 2. The van der Waals surface area contributed by atoms with Gasteiger partial charge in [0.25, 0.3) is 0 Å². The van der Waals surface area contributed by atoms with Gasteiger partial charge in [-0.3, -0.25) is 9.59 Å². The standard InChI is InChI=1S/C20H14Cl3F5N2O2/c21-10-3-9(4-11(24)5-10)14-12(7-29-13(31)6-20(26,27)28)17(25)15(22)16(23)18(14)30-19(32)8-1-2-8/h3-5,8H,1-2,6-7H2,(H,29,31)(H,30,32). The Bertz CT molecular complexity index is 1070. The quantitative estimate of drug-likeness (QED) is 0.340. The van der Waals surface area contributed by atoms with Crippen molar-refractivity contribution in [2.24, 2.45) is 5.92 Å². The molecule has 0 aromatic heterocycles. The molecule has 0 saturated heterocycles. The third-order valence-corrected chi connectivity index (χ3v) is 5.64. The van der Waals surface area contributed by atoms with Crippen molar-refractivity contribution in [3.63, 3.8) is 0 Å². The molecule has 1 fully saturated rings. The molecular formula is C20H14Cl3F5N2O2. The Balaban J connectivity index is 2.13. The molecule has 172 valence electrons. The second-order valence-corrected chi connectivity index (χ2v) is 8.35. The van der Waals surface area contributed by atoms with Gasteiger partial charge in [-0.15, -0.1) is 0 Å². The van der Waals surface area contributed by atoms with Crippen LogP contribution in [0, 0.1) is 17.6 Å². The van der Waals surface area contributed by atoms with Crippen molar-refractivity contribution >= 4 is 52.3 Å². The minimum absolute atomic E-state index is 0.0290. The first-order valence-electron chi connectivity index (χ1n) is 9.17. The molecule has 2 N–H and O–H groups in total. The lowest BCUT2D eigenvalue weighted by Crippen LogP contribution is -2.29. The molecule has 2 aromatic rings. The Morgan fingerprint density at radius 3 is 2.25 bits per heavy atom. The summed E-state index contributed by atoms with van der Waals surface area (Å²) in [4.78, 5) is 24.0. The van der Waals surface area contributed by atoms with Crippen LogP contribution in [0.25, 0.3) is 11.1 Å². The summed E-state index contributed by atoms with van der Waals surface area (Å²) in [5.41, 5.74) is -0.766.